The number of carbonyl (C=O) groups excluding carboxylic acids is 1. The maximum atomic E-state index is 12.2. The minimum atomic E-state index is 0.000539. The van der Waals surface area contributed by atoms with Gasteiger partial charge in [-0.2, -0.15) is 0 Å². The molecule has 2 N–H and O–H groups in total. The molecule has 1 rings (SSSR count). The van der Waals surface area contributed by atoms with Crippen molar-refractivity contribution in [2.24, 2.45) is 0 Å². The smallest absolute Gasteiger partial charge is 0.237 e. The molecule has 1 saturated heterocycles. The zero-order valence-corrected chi connectivity index (χ0v) is 13.6. The number of piperidine rings is 1. The van der Waals surface area contributed by atoms with E-state index in [9.17, 15) is 4.79 Å². The van der Waals surface area contributed by atoms with Gasteiger partial charge in [0.05, 0.1) is 6.04 Å². The van der Waals surface area contributed by atoms with Crippen LogP contribution in [0.5, 0.6) is 0 Å². The zero-order valence-electron chi connectivity index (χ0n) is 13.6. The van der Waals surface area contributed by atoms with Gasteiger partial charge < -0.3 is 10.6 Å². The molecule has 1 amide bonds. The molecule has 0 aromatic heterocycles. The molecular weight excluding hydrogens is 250 g/mol. The monoisotopic (exact) mass is 283 g/mol. The van der Waals surface area contributed by atoms with E-state index in [0.717, 1.165) is 39.0 Å². The van der Waals surface area contributed by atoms with Crippen molar-refractivity contribution in [2.75, 3.05) is 26.2 Å². The largest absolute Gasteiger partial charge is 0.355 e. The van der Waals surface area contributed by atoms with Crippen LogP contribution >= 0.6 is 0 Å². The fourth-order valence-electron chi connectivity index (χ4n) is 2.88. The van der Waals surface area contributed by atoms with Crippen LogP contribution in [-0.2, 0) is 4.79 Å². The third kappa shape index (κ3) is 5.80. The maximum absolute atomic E-state index is 12.2. The highest BCUT2D eigenvalue weighted by Gasteiger charge is 2.29. The van der Waals surface area contributed by atoms with Gasteiger partial charge >= 0.3 is 0 Å². The summed E-state index contributed by atoms with van der Waals surface area (Å²) in [6.45, 7) is 10.3. The van der Waals surface area contributed by atoms with Gasteiger partial charge in [0.2, 0.25) is 5.91 Å². The second kappa shape index (κ2) is 10.2. The van der Waals surface area contributed by atoms with E-state index in [-0.39, 0.29) is 11.9 Å². The summed E-state index contributed by atoms with van der Waals surface area (Å²) in [5.74, 6) is 0.195. The number of nitrogens with zero attached hydrogens (tertiary/aromatic N) is 1. The lowest BCUT2D eigenvalue weighted by molar-refractivity contribution is -0.127. The van der Waals surface area contributed by atoms with Crippen LogP contribution in [0.2, 0.25) is 0 Å². The van der Waals surface area contributed by atoms with Crippen LogP contribution < -0.4 is 10.6 Å². The highest BCUT2D eigenvalue weighted by Crippen LogP contribution is 2.19. The fourth-order valence-corrected chi connectivity index (χ4v) is 2.88. The number of carbonyl (C=O) groups is 1. The Hall–Kier alpha value is -0.610. The van der Waals surface area contributed by atoms with Gasteiger partial charge in [0.15, 0.2) is 0 Å². The Morgan fingerprint density at radius 2 is 2.05 bits per heavy atom. The van der Waals surface area contributed by atoms with Crippen molar-refractivity contribution >= 4 is 5.91 Å². The minimum absolute atomic E-state index is 0.000539. The van der Waals surface area contributed by atoms with Crippen LogP contribution in [0.25, 0.3) is 0 Å². The normalized spacial score (nSPS) is 21.6. The molecule has 1 heterocycles. The molecular formula is C16H33N3O. The number of nitrogens with one attached hydrogen (secondary N) is 2. The first-order chi connectivity index (χ1) is 9.70. The molecule has 0 spiro atoms. The van der Waals surface area contributed by atoms with Crippen LogP contribution in [0.15, 0.2) is 0 Å². The number of unbranched alkanes of at least 4 members (excludes halogenated alkanes) is 1. The summed E-state index contributed by atoms with van der Waals surface area (Å²) in [6.07, 6.45) is 7.08. The van der Waals surface area contributed by atoms with E-state index in [4.69, 9.17) is 0 Å². The van der Waals surface area contributed by atoms with Crippen molar-refractivity contribution in [3.05, 3.63) is 0 Å². The summed E-state index contributed by atoms with van der Waals surface area (Å²) in [5, 5.41) is 6.57. The van der Waals surface area contributed by atoms with Crippen molar-refractivity contribution in [1.82, 2.24) is 15.5 Å². The van der Waals surface area contributed by atoms with Crippen molar-refractivity contribution in [1.29, 1.82) is 0 Å². The van der Waals surface area contributed by atoms with Gasteiger partial charge in [-0.05, 0) is 45.7 Å². The van der Waals surface area contributed by atoms with Gasteiger partial charge in [-0.25, -0.2) is 0 Å². The molecule has 0 aromatic rings. The lowest BCUT2D eigenvalue weighted by atomic mass is 9.99. The van der Waals surface area contributed by atoms with Gasteiger partial charge in [-0.1, -0.05) is 26.7 Å². The Labute approximate surface area is 124 Å². The Morgan fingerprint density at radius 1 is 1.25 bits per heavy atom. The summed E-state index contributed by atoms with van der Waals surface area (Å²) < 4.78 is 0. The molecule has 4 nitrogen and oxygen atoms in total. The summed E-state index contributed by atoms with van der Waals surface area (Å²) in [6, 6.07) is 0.516. The molecule has 20 heavy (non-hydrogen) atoms. The quantitative estimate of drug-likeness (QED) is 0.637. The molecule has 118 valence electrons. The molecule has 2 unspecified atom stereocenters. The van der Waals surface area contributed by atoms with Crippen LogP contribution in [0.4, 0.5) is 0 Å². The molecule has 1 fully saturated rings. The van der Waals surface area contributed by atoms with Crippen molar-refractivity contribution in [3.63, 3.8) is 0 Å². The molecule has 0 aromatic carbocycles. The van der Waals surface area contributed by atoms with Gasteiger partial charge in [-0.15, -0.1) is 0 Å². The standard InChI is InChI=1S/C16H33N3O/c1-4-6-11-18-16(20)14(3)19-12-8-7-9-15(19)13-17-10-5-2/h14-15,17H,4-13H2,1-3H3,(H,18,20). The van der Waals surface area contributed by atoms with Crippen LogP contribution in [0.1, 0.15) is 59.3 Å². The van der Waals surface area contributed by atoms with E-state index in [0.29, 0.717) is 6.04 Å². The molecule has 1 aliphatic heterocycles. The summed E-state index contributed by atoms with van der Waals surface area (Å²) >= 11 is 0. The number of rotatable bonds is 9. The van der Waals surface area contributed by atoms with Crippen molar-refractivity contribution in [3.8, 4) is 0 Å². The molecule has 0 bridgehead atoms. The Bertz CT molecular complexity index is 270. The second-order valence-electron chi connectivity index (χ2n) is 5.91. The van der Waals surface area contributed by atoms with Crippen molar-refractivity contribution in [2.45, 2.75) is 71.4 Å². The molecule has 1 aliphatic rings. The maximum Gasteiger partial charge on any atom is 0.237 e. The minimum Gasteiger partial charge on any atom is -0.355 e. The zero-order chi connectivity index (χ0) is 14.8. The predicted molar refractivity (Wildman–Crippen MR) is 84.9 cm³/mol. The first-order valence-electron chi connectivity index (χ1n) is 8.44. The molecule has 2 atom stereocenters. The van der Waals surface area contributed by atoms with Crippen LogP contribution in [-0.4, -0.2) is 49.1 Å². The number of amides is 1. The first-order valence-corrected chi connectivity index (χ1v) is 8.44. The van der Waals surface area contributed by atoms with E-state index in [1.807, 2.05) is 0 Å². The second-order valence-corrected chi connectivity index (χ2v) is 5.91. The van der Waals surface area contributed by atoms with Crippen LogP contribution in [0.3, 0.4) is 0 Å². The van der Waals surface area contributed by atoms with E-state index >= 15 is 0 Å². The highest BCUT2D eigenvalue weighted by molar-refractivity contribution is 5.81. The van der Waals surface area contributed by atoms with Gasteiger partial charge in [0.1, 0.15) is 0 Å². The number of hydrogen-bond acceptors (Lipinski definition) is 3. The average Bonchev–Trinajstić information content (AvgIpc) is 2.47. The fraction of sp³-hybridized carbons (Fsp3) is 0.938. The van der Waals surface area contributed by atoms with E-state index in [1.54, 1.807) is 0 Å². The van der Waals surface area contributed by atoms with E-state index < -0.39 is 0 Å². The lowest BCUT2D eigenvalue weighted by Gasteiger charge is -2.39. The summed E-state index contributed by atoms with van der Waals surface area (Å²) in [4.78, 5) is 14.6. The van der Waals surface area contributed by atoms with Gasteiger partial charge in [-0.3, -0.25) is 9.69 Å². The molecule has 0 aliphatic carbocycles. The van der Waals surface area contributed by atoms with Crippen LogP contribution in [0, 0.1) is 0 Å². The van der Waals surface area contributed by atoms with E-state index in [2.05, 4.69) is 36.3 Å². The SMILES string of the molecule is CCCCNC(=O)C(C)N1CCCCC1CNCCC. The molecule has 0 radical (unpaired) electrons. The lowest BCUT2D eigenvalue weighted by Crippen LogP contribution is -2.54. The number of hydrogen-bond donors (Lipinski definition) is 2. The predicted octanol–water partition coefficient (Wildman–Crippen LogP) is 2.15. The Kier molecular flexibility index (Phi) is 8.86. The third-order valence-corrected chi connectivity index (χ3v) is 4.19. The summed E-state index contributed by atoms with van der Waals surface area (Å²) in [5.41, 5.74) is 0. The topological polar surface area (TPSA) is 44.4 Å². The highest BCUT2D eigenvalue weighted by atomic mass is 16.2. The van der Waals surface area contributed by atoms with E-state index in [1.165, 1.54) is 25.7 Å². The Balaban J connectivity index is 2.44. The van der Waals surface area contributed by atoms with Gasteiger partial charge in [0.25, 0.3) is 0 Å². The average molecular weight is 283 g/mol. The molecule has 4 heteroatoms. The molecule has 0 saturated carbocycles. The summed E-state index contributed by atoms with van der Waals surface area (Å²) in [7, 11) is 0. The Morgan fingerprint density at radius 3 is 2.75 bits per heavy atom. The number of likely N-dealkylation sites (tertiary alicyclic amines) is 1. The third-order valence-electron chi connectivity index (χ3n) is 4.19. The van der Waals surface area contributed by atoms with Gasteiger partial charge in [0, 0.05) is 19.1 Å². The van der Waals surface area contributed by atoms with Crippen molar-refractivity contribution < 1.29 is 4.79 Å². The first kappa shape index (κ1) is 17.4.